The first-order chi connectivity index (χ1) is 19.5. The Morgan fingerprint density at radius 1 is 1.02 bits per heavy atom. The molecule has 11 atom stereocenters. The first kappa shape index (κ1) is 28.1. The van der Waals surface area contributed by atoms with Crippen LogP contribution in [0, 0.1) is 22.7 Å². The van der Waals surface area contributed by atoms with Crippen LogP contribution in [0.3, 0.4) is 0 Å². The van der Waals surface area contributed by atoms with Crippen LogP contribution in [-0.4, -0.2) is 93.4 Å². The van der Waals surface area contributed by atoms with E-state index in [0.717, 1.165) is 0 Å². The number of esters is 2. The molecule has 2 saturated heterocycles. The van der Waals surface area contributed by atoms with Gasteiger partial charge in [-0.1, -0.05) is 27.7 Å². The van der Waals surface area contributed by atoms with Crippen molar-refractivity contribution in [3.05, 3.63) is 48.0 Å². The number of hydrogen-bond acceptors (Lipinski definition) is 10. The van der Waals surface area contributed by atoms with Crippen molar-refractivity contribution in [2.24, 2.45) is 22.7 Å². The molecule has 0 aromatic carbocycles. The molecule has 6 aliphatic rings. The Labute approximate surface area is 242 Å². The molecule has 7 N–H and O–H groups in total. The van der Waals surface area contributed by atoms with E-state index in [2.05, 4.69) is 9.97 Å². The van der Waals surface area contributed by atoms with Crippen LogP contribution in [-0.2, 0) is 14.2 Å². The van der Waals surface area contributed by atoms with Gasteiger partial charge in [-0.05, 0) is 55.9 Å². The van der Waals surface area contributed by atoms with Gasteiger partial charge in [-0.2, -0.15) is 0 Å². The van der Waals surface area contributed by atoms with E-state index in [1.54, 1.807) is 39.8 Å². The lowest BCUT2D eigenvalue weighted by Gasteiger charge is -2.61. The summed E-state index contributed by atoms with van der Waals surface area (Å²) in [6, 6.07) is 6.08. The van der Waals surface area contributed by atoms with Crippen molar-refractivity contribution in [1.29, 1.82) is 0 Å². The van der Waals surface area contributed by atoms with E-state index in [1.165, 1.54) is 31.5 Å². The molecular formula is C30H38N2O10. The second kappa shape index (κ2) is 7.66. The molecule has 12 nitrogen and oxygen atoms in total. The monoisotopic (exact) mass is 586 g/mol. The molecule has 12 heteroatoms. The fourth-order valence-corrected chi connectivity index (χ4v) is 10.4. The molecule has 4 saturated carbocycles. The molecular weight excluding hydrogens is 548 g/mol. The van der Waals surface area contributed by atoms with Gasteiger partial charge in [0, 0.05) is 18.8 Å². The fourth-order valence-electron chi connectivity index (χ4n) is 10.4. The summed E-state index contributed by atoms with van der Waals surface area (Å²) >= 11 is 0. The lowest BCUT2D eigenvalue weighted by atomic mass is 9.52. The summed E-state index contributed by atoms with van der Waals surface area (Å²) < 4.78 is 18.9. The van der Waals surface area contributed by atoms with Crippen molar-refractivity contribution in [3.63, 3.8) is 0 Å². The van der Waals surface area contributed by atoms with Gasteiger partial charge in [-0.25, -0.2) is 9.59 Å². The first-order valence-electron chi connectivity index (χ1n) is 14.5. The van der Waals surface area contributed by atoms with Gasteiger partial charge in [0.2, 0.25) is 0 Å². The van der Waals surface area contributed by atoms with Crippen molar-refractivity contribution >= 4 is 11.9 Å². The Bertz CT molecular complexity index is 1480. The largest absolute Gasteiger partial charge is 0.450 e. The second-order valence-electron chi connectivity index (χ2n) is 13.8. The van der Waals surface area contributed by atoms with Gasteiger partial charge in [0.15, 0.2) is 28.7 Å². The molecule has 228 valence electrons. The van der Waals surface area contributed by atoms with Crippen LogP contribution in [0.1, 0.15) is 74.9 Å². The Balaban J connectivity index is 1.59. The maximum Gasteiger partial charge on any atom is 0.355 e. The second-order valence-corrected chi connectivity index (χ2v) is 13.8. The molecule has 0 amide bonds. The van der Waals surface area contributed by atoms with E-state index in [0.29, 0.717) is 6.42 Å². The highest BCUT2D eigenvalue weighted by atomic mass is 16.7. The smallest absolute Gasteiger partial charge is 0.355 e. The van der Waals surface area contributed by atoms with Crippen LogP contribution < -0.4 is 0 Å². The minimum atomic E-state index is -2.67. The summed E-state index contributed by atoms with van der Waals surface area (Å²) in [5.41, 5.74) is -15.7. The van der Waals surface area contributed by atoms with Crippen molar-refractivity contribution < 1.29 is 49.3 Å². The zero-order valence-electron chi connectivity index (χ0n) is 24.2. The highest BCUT2D eigenvalue weighted by Crippen LogP contribution is 2.91. The van der Waals surface area contributed by atoms with Gasteiger partial charge in [0.05, 0.1) is 16.9 Å². The molecule has 2 aromatic rings. The maximum atomic E-state index is 13.9. The SMILES string of the molecule is CC(C)[C@@]1(O)[C@@H](OC(=O)c2ccc[nH]2)[C@@]2(OC(=O)c3ccc[nH]3)[C@@]3(C)C[C@]4(O)O[C@@]5([C@H](O)[C@@H](C)CC[C@]35O)[C@@]2(O)[C@]14C. The van der Waals surface area contributed by atoms with Crippen LogP contribution >= 0.6 is 0 Å². The number of ether oxygens (including phenoxy) is 3. The van der Waals surface area contributed by atoms with Gasteiger partial charge < -0.3 is 49.7 Å². The fraction of sp³-hybridized carbons (Fsp3) is 0.667. The summed E-state index contributed by atoms with van der Waals surface area (Å²) in [7, 11) is 0. The van der Waals surface area contributed by atoms with Gasteiger partial charge in [-0.3, -0.25) is 0 Å². The van der Waals surface area contributed by atoms with Crippen LogP contribution in [0.5, 0.6) is 0 Å². The van der Waals surface area contributed by atoms with E-state index >= 15 is 0 Å². The number of carbonyl (C=O) groups is 2. The number of aromatic amines is 2. The molecule has 42 heavy (non-hydrogen) atoms. The normalized spacial score (nSPS) is 51.6. The van der Waals surface area contributed by atoms with E-state index in [4.69, 9.17) is 14.2 Å². The summed E-state index contributed by atoms with van der Waals surface area (Å²) in [4.78, 5) is 33.1. The highest BCUT2D eigenvalue weighted by molar-refractivity contribution is 5.89. The van der Waals surface area contributed by atoms with E-state index < -0.39 is 87.0 Å². The van der Waals surface area contributed by atoms with Crippen molar-refractivity contribution in [3.8, 4) is 0 Å². The zero-order chi connectivity index (χ0) is 30.5. The first-order valence-corrected chi connectivity index (χ1v) is 14.5. The van der Waals surface area contributed by atoms with Crippen molar-refractivity contribution in [2.45, 2.75) is 99.9 Å². The molecule has 0 radical (unpaired) electrons. The van der Waals surface area contributed by atoms with Gasteiger partial charge in [0.1, 0.15) is 22.6 Å². The van der Waals surface area contributed by atoms with E-state index in [1.807, 2.05) is 0 Å². The number of aliphatic hydroxyl groups excluding tert-OH is 1. The topological polar surface area (TPSA) is 195 Å². The third-order valence-corrected chi connectivity index (χ3v) is 12.3. The predicted molar refractivity (Wildman–Crippen MR) is 143 cm³/mol. The molecule has 2 aliphatic heterocycles. The van der Waals surface area contributed by atoms with E-state index in [-0.39, 0.29) is 17.8 Å². The third-order valence-electron chi connectivity index (χ3n) is 12.3. The minimum Gasteiger partial charge on any atom is -0.450 e. The molecule has 2 aromatic heterocycles. The summed E-state index contributed by atoms with van der Waals surface area (Å²) in [5, 5.41) is 63.7. The molecule has 6 bridgehead atoms. The van der Waals surface area contributed by atoms with Crippen LogP contribution in [0.4, 0.5) is 0 Å². The van der Waals surface area contributed by atoms with Crippen molar-refractivity contribution in [2.75, 3.05) is 0 Å². The number of rotatable bonds is 5. The van der Waals surface area contributed by atoms with Crippen LogP contribution in [0.15, 0.2) is 36.7 Å². The average Bonchev–Trinajstić information content (AvgIpc) is 3.70. The number of aliphatic hydroxyl groups is 5. The lowest BCUT2D eigenvalue weighted by molar-refractivity contribution is -0.389. The number of hydrogen-bond donors (Lipinski definition) is 7. The molecule has 4 aliphatic carbocycles. The summed E-state index contributed by atoms with van der Waals surface area (Å²) in [5.74, 6) is -5.56. The average molecular weight is 587 g/mol. The molecule has 1 spiro atoms. The third kappa shape index (κ3) is 2.29. The molecule has 0 unspecified atom stereocenters. The lowest BCUT2D eigenvalue weighted by Crippen LogP contribution is -2.75. The van der Waals surface area contributed by atoms with Crippen molar-refractivity contribution in [1.82, 2.24) is 9.97 Å². The Hall–Kier alpha value is -2.74. The number of nitrogens with one attached hydrogen (secondary N) is 2. The molecule has 4 heterocycles. The van der Waals surface area contributed by atoms with Gasteiger partial charge >= 0.3 is 11.9 Å². The Kier molecular flexibility index (Phi) is 5.12. The maximum absolute atomic E-state index is 13.9. The van der Waals surface area contributed by atoms with Gasteiger partial charge in [-0.15, -0.1) is 0 Å². The Morgan fingerprint density at radius 2 is 1.62 bits per heavy atom. The van der Waals surface area contributed by atoms with Crippen LogP contribution in [0.2, 0.25) is 0 Å². The number of carbonyl (C=O) groups excluding carboxylic acids is 2. The standard InChI is InChI=1S/C30H38N2O10/c1-15(2)27(38)22(40-20(34)17-8-6-12-31-17)29(41-21(35)18-9-7-13-32-18)23(4)14-26(37)24(27,5)30(29,39)28(42-26)19(33)16(3)10-11-25(23,28)36/h6-9,12-13,15-16,19,22,31-33,36-39H,10-11,14H2,1-5H3/t16-,19+,22+,23-,24-,25-,26-,27+,28+,29+,30-/m0/s1. The minimum absolute atomic E-state index is 0.00559. The summed E-state index contributed by atoms with van der Waals surface area (Å²) in [6.07, 6.45) is -0.435. The Morgan fingerprint density at radius 3 is 2.17 bits per heavy atom. The van der Waals surface area contributed by atoms with Crippen LogP contribution in [0.25, 0.3) is 0 Å². The summed E-state index contributed by atoms with van der Waals surface area (Å²) in [6.45, 7) is 7.94. The van der Waals surface area contributed by atoms with Gasteiger partial charge in [0.25, 0.3) is 0 Å². The quantitative estimate of drug-likeness (QED) is 0.249. The molecule has 6 fully saturated rings. The number of aromatic nitrogens is 2. The number of H-pyrrole nitrogens is 2. The zero-order valence-corrected chi connectivity index (χ0v) is 24.2. The van der Waals surface area contributed by atoms with E-state index in [9.17, 15) is 35.1 Å². The molecule has 8 rings (SSSR count). The highest BCUT2D eigenvalue weighted by Gasteiger charge is 3.11. The predicted octanol–water partition coefficient (Wildman–Crippen LogP) is 1.01.